The molecule has 0 saturated heterocycles. The Balaban J connectivity index is 1.66. The van der Waals surface area contributed by atoms with Gasteiger partial charge in [-0.1, -0.05) is 28.1 Å². The number of methoxy groups -OCH3 is 2. The molecule has 2 aromatic carbocycles. The number of nitrogens with one attached hydrogen (secondary N) is 1. The Hall–Kier alpha value is -2.87. The van der Waals surface area contributed by atoms with Gasteiger partial charge in [0.2, 0.25) is 5.91 Å². The van der Waals surface area contributed by atoms with Crippen molar-refractivity contribution in [1.82, 2.24) is 20.1 Å². The van der Waals surface area contributed by atoms with Crippen LogP contribution in [0.4, 0.5) is 0 Å². The van der Waals surface area contributed by atoms with Crippen molar-refractivity contribution in [3.63, 3.8) is 0 Å². The number of aromatic nitrogens is 3. The molecule has 1 N–H and O–H groups in total. The molecule has 146 valence electrons. The first-order valence-corrected chi connectivity index (χ1v) is 9.46. The van der Waals surface area contributed by atoms with E-state index in [9.17, 15) is 4.79 Å². The summed E-state index contributed by atoms with van der Waals surface area (Å²) in [6.45, 7) is 1.95. The summed E-state index contributed by atoms with van der Waals surface area (Å²) in [4.78, 5) is 16.5. The Morgan fingerprint density at radius 3 is 2.46 bits per heavy atom. The van der Waals surface area contributed by atoms with Crippen LogP contribution in [-0.2, 0) is 11.2 Å². The van der Waals surface area contributed by atoms with Gasteiger partial charge in [-0.2, -0.15) is 5.10 Å². The fraction of sp³-hybridized carbons (Fsp3) is 0.250. The van der Waals surface area contributed by atoms with Crippen molar-refractivity contribution in [2.24, 2.45) is 0 Å². The largest absolute Gasteiger partial charge is 0.493 e. The molecule has 0 radical (unpaired) electrons. The Bertz CT molecular complexity index is 943. The highest BCUT2D eigenvalue weighted by molar-refractivity contribution is 9.10. The summed E-state index contributed by atoms with van der Waals surface area (Å²) in [7, 11) is 3.15. The van der Waals surface area contributed by atoms with Gasteiger partial charge in [-0.15, -0.1) is 0 Å². The van der Waals surface area contributed by atoms with Gasteiger partial charge in [-0.3, -0.25) is 4.79 Å². The van der Waals surface area contributed by atoms with Crippen molar-refractivity contribution in [3.05, 3.63) is 64.7 Å². The van der Waals surface area contributed by atoms with Crippen LogP contribution in [0.1, 0.15) is 24.1 Å². The summed E-state index contributed by atoms with van der Waals surface area (Å²) in [5.74, 6) is 1.12. The first-order valence-electron chi connectivity index (χ1n) is 8.66. The molecular formula is C20H21BrN4O3. The lowest BCUT2D eigenvalue weighted by atomic mass is 10.1. The van der Waals surface area contributed by atoms with Gasteiger partial charge in [0, 0.05) is 4.47 Å². The van der Waals surface area contributed by atoms with E-state index in [0.717, 1.165) is 21.3 Å². The van der Waals surface area contributed by atoms with Crippen LogP contribution in [0.2, 0.25) is 0 Å². The lowest BCUT2D eigenvalue weighted by Gasteiger charge is -2.16. The quantitative estimate of drug-likeness (QED) is 0.603. The number of rotatable bonds is 7. The fourth-order valence-corrected chi connectivity index (χ4v) is 3.30. The molecule has 0 unspecified atom stereocenters. The summed E-state index contributed by atoms with van der Waals surface area (Å²) < 4.78 is 13.1. The van der Waals surface area contributed by atoms with Gasteiger partial charge in [0.1, 0.15) is 12.7 Å². The monoisotopic (exact) mass is 444 g/mol. The third-order valence-electron chi connectivity index (χ3n) is 4.36. The Morgan fingerprint density at radius 1 is 1.18 bits per heavy atom. The van der Waals surface area contributed by atoms with Crippen molar-refractivity contribution in [3.8, 4) is 17.2 Å². The summed E-state index contributed by atoms with van der Waals surface area (Å²) in [5, 5.41) is 7.13. The number of hydrogen-bond donors (Lipinski definition) is 1. The third-order valence-corrected chi connectivity index (χ3v) is 5.10. The molecule has 1 atom stereocenters. The van der Waals surface area contributed by atoms with Crippen molar-refractivity contribution < 1.29 is 14.3 Å². The van der Waals surface area contributed by atoms with Crippen LogP contribution in [0.5, 0.6) is 11.5 Å². The van der Waals surface area contributed by atoms with E-state index in [1.807, 2.05) is 31.2 Å². The minimum atomic E-state index is -0.129. The van der Waals surface area contributed by atoms with Crippen LogP contribution in [-0.4, -0.2) is 34.9 Å². The van der Waals surface area contributed by atoms with E-state index in [0.29, 0.717) is 11.5 Å². The van der Waals surface area contributed by atoms with Crippen LogP contribution in [0.15, 0.2) is 53.5 Å². The Labute approximate surface area is 171 Å². The van der Waals surface area contributed by atoms with E-state index >= 15 is 0 Å². The zero-order chi connectivity index (χ0) is 20.1. The summed E-state index contributed by atoms with van der Waals surface area (Å²) in [6, 6.07) is 11.3. The second-order valence-electron chi connectivity index (χ2n) is 6.20. The summed E-state index contributed by atoms with van der Waals surface area (Å²) in [6.07, 6.45) is 3.35. The molecule has 0 fully saturated rings. The number of carbonyl (C=O) groups is 1. The highest BCUT2D eigenvalue weighted by Gasteiger charge is 2.15. The molecule has 1 amide bonds. The van der Waals surface area contributed by atoms with Crippen molar-refractivity contribution in [1.29, 1.82) is 0 Å². The SMILES string of the molecule is COc1cc(Br)c(CC(=O)N[C@@H](C)c2ccc(-n3cncn3)cc2)cc1OC. The van der Waals surface area contributed by atoms with Crippen LogP contribution in [0.3, 0.4) is 0 Å². The van der Waals surface area contributed by atoms with Crippen LogP contribution in [0.25, 0.3) is 5.69 Å². The molecule has 0 aliphatic heterocycles. The van der Waals surface area contributed by atoms with Crippen molar-refractivity contribution in [2.75, 3.05) is 14.2 Å². The average molecular weight is 445 g/mol. The lowest BCUT2D eigenvalue weighted by Crippen LogP contribution is -2.28. The average Bonchev–Trinajstić information content (AvgIpc) is 3.24. The van der Waals surface area contributed by atoms with Gasteiger partial charge in [0.15, 0.2) is 11.5 Å². The number of halogens is 1. The number of carbonyl (C=O) groups excluding carboxylic acids is 1. The normalized spacial score (nSPS) is 11.7. The number of ether oxygens (including phenoxy) is 2. The van der Waals surface area contributed by atoms with Crippen LogP contribution < -0.4 is 14.8 Å². The summed E-state index contributed by atoms with van der Waals surface area (Å²) in [5.41, 5.74) is 2.74. The van der Waals surface area contributed by atoms with Gasteiger partial charge in [-0.25, -0.2) is 9.67 Å². The standard InChI is InChI=1S/C20H21BrN4O3/c1-13(14-4-6-16(7-5-14)25-12-22-11-23-25)24-20(26)9-15-8-18(27-2)19(28-3)10-17(15)21/h4-8,10-13H,9H2,1-3H3,(H,24,26)/t13-/m0/s1. The van der Waals surface area contributed by atoms with Gasteiger partial charge in [0.25, 0.3) is 0 Å². The molecule has 0 aliphatic rings. The van der Waals surface area contributed by atoms with E-state index in [1.165, 1.54) is 6.33 Å². The van der Waals surface area contributed by atoms with E-state index in [2.05, 4.69) is 31.3 Å². The molecule has 8 heteroatoms. The molecule has 3 rings (SSSR count). The maximum absolute atomic E-state index is 12.5. The number of nitrogens with zero attached hydrogens (tertiary/aromatic N) is 3. The minimum Gasteiger partial charge on any atom is -0.493 e. The van der Waals surface area contributed by atoms with Crippen LogP contribution in [0, 0.1) is 0 Å². The summed E-state index contributed by atoms with van der Waals surface area (Å²) >= 11 is 3.49. The minimum absolute atomic E-state index is 0.0826. The van der Waals surface area contributed by atoms with Gasteiger partial charge in [-0.05, 0) is 42.3 Å². The fourth-order valence-electron chi connectivity index (χ4n) is 2.84. The Morgan fingerprint density at radius 2 is 1.86 bits per heavy atom. The molecule has 3 aromatic rings. The molecular weight excluding hydrogens is 424 g/mol. The first-order chi connectivity index (χ1) is 13.5. The molecule has 0 aliphatic carbocycles. The maximum Gasteiger partial charge on any atom is 0.224 e. The molecule has 1 heterocycles. The molecule has 0 bridgehead atoms. The zero-order valence-electron chi connectivity index (χ0n) is 15.8. The highest BCUT2D eigenvalue weighted by Crippen LogP contribution is 2.33. The zero-order valence-corrected chi connectivity index (χ0v) is 17.4. The number of amides is 1. The molecule has 0 saturated carbocycles. The van der Waals surface area contributed by atoms with Gasteiger partial charge < -0.3 is 14.8 Å². The number of benzene rings is 2. The van der Waals surface area contributed by atoms with Gasteiger partial charge in [0.05, 0.1) is 32.4 Å². The lowest BCUT2D eigenvalue weighted by molar-refractivity contribution is -0.121. The predicted molar refractivity (Wildman–Crippen MR) is 109 cm³/mol. The van der Waals surface area contributed by atoms with Crippen molar-refractivity contribution >= 4 is 21.8 Å². The van der Waals surface area contributed by atoms with E-state index in [1.54, 1.807) is 37.4 Å². The molecule has 28 heavy (non-hydrogen) atoms. The maximum atomic E-state index is 12.5. The second-order valence-corrected chi connectivity index (χ2v) is 7.05. The van der Waals surface area contributed by atoms with E-state index in [-0.39, 0.29) is 18.4 Å². The number of hydrogen-bond acceptors (Lipinski definition) is 5. The second kappa shape index (κ2) is 8.88. The highest BCUT2D eigenvalue weighted by atomic mass is 79.9. The van der Waals surface area contributed by atoms with E-state index in [4.69, 9.17) is 9.47 Å². The van der Waals surface area contributed by atoms with Gasteiger partial charge >= 0.3 is 0 Å². The van der Waals surface area contributed by atoms with Crippen LogP contribution >= 0.6 is 15.9 Å². The first kappa shape index (κ1) is 19.9. The Kier molecular flexibility index (Phi) is 6.30. The molecule has 0 spiro atoms. The van der Waals surface area contributed by atoms with Crippen molar-refractivity contribution in [2.45, 2.75) is 19.4 Å². The third kappa shape index (κ3) is 4.51. The topological polar surface area (TPSA) is 78.3 Å². The molecule has 7 nitrogen and oxygen atoms in total. The predicted octanol–water partition coefficient (Wildman–Crippen LogP) is 3.47. The molecule has 1 aromatic heterocycles. The smallest absolute Gasteiger partial charge is 0.224 e. The van der Waals surface area contributed by atoms with E-state index < -0.39 is 0 Å².